The minimum absolute atomic E-state index is 0.181. The Hall–Kier alpha value is -1.96. The summed E-state index contributed by atoms with van der Waals surface area (Å²) in [5.74, 6) is -0.488. The molecule has 94 valence electrons. The molecule has 8 heteroatoms. The van der Waals surface area contributed by atoms with Crippen molar-refractivity contribution in [2.45, 2.75) is 6.18 Å². The zero-order valence-corrected chi connectivity index (χ0v) is 9.55. The van der Waals surface area contributed by atoms with Gasteiger partial charge in [-0.15, -0.1) is 11.3 Å². The number of carbonyl (C=O) groups excluding carboxylic acids is 1. The summed E-state index contributed by atoms with van der Waals surface area (Å²) in [6, 6.07) is 1.94. The molecular weight excluding hydrogens is 267 g/mol. The summed E-state index contributed by atoms with van der Waals surface area (Å²) in [5, 5.41) is 3.93. The van der Waals surface area contributed by atoms with Crippen molar-refractivity contribution >= 4 is 22.9 Å². The highest BCUT2D eigenvalue weighted by molar-refractivity contribution is 7.07. The van der Waals surface area contributed by atoms with Gasteiger partial charge >= 0.3 is 6.18 Å². The van der Waals surface area contributed by atoms with Crippen molar-refractivity contribution in [3.8, 4) is 0 Å². The molecule has 0 saturated heterocycles. The van der Waals surface area contributed by atoms with Crippen LogP contribution in [0.3, 0.4) is 0 Å². The Kier molecular flexibility index (Phi) is 3.28. The van der Waals surface area contributed by atoms with Crippen LogP contribution in [-0.2, 0) is 6.18 Å². The van der Waals surface area contributed by atoms with Crippen molar-refractivity contribution in [1.82, 2.24) is 9.97 Å². The maximum atomic E-state index is 12.2. The Balaban J connectivity index is 2.09. The van der Waals surface area contributed by atoms with E-state index in [1.54, 1.807) is 0 Å². The fourth-order valence-electron chi connectivity index (χ4n) is 1.16. The van der Waals surface area contributed by atoms with Crippen LogP contribution in [0.5, 0.6) is 0 Å². The summed E-state index contributed by atoms with van der Waals surface area (Å²) < 4.78 is 36.7. The number of hydrogen-bond donors (Lipinski definition) is 1. The number of nitrogens with one attached hydrogen (secondary N) is 1. The minimum Gasteiger partial charge on any atom is -0.319 e. The molecule has 2 heterocycles. The number of pyridine rings is 1. The second-order valence-corrected chi connectivity index (χ2v) is 3.98. The number of anilines is 1. The molecule has 4 nitrogen and oxygen atoms in total. The fourth-order valence-corrected chi connectivity index (χ4v) is 1.69. The average molecular weight is 273 g/mol. The van der Waals surface area contributed by atoms with E-state index in [4.69, 9.17) is 0 Å². The summed E-state index contributed by atoms with van der Waals surface area (Å²) in [6.07, 6.45) is -3.54. The number of carbonyl (C=O) groups is 1. The standard InChI is InChI=1S/C10H6F3N3OS/c11-10(12,13)8-2-1-6(3-14-8)16-9(17)7-4-18-5-15-7/h1-5H,(H,16,17). The number of alkyl halides is 3. The van der Waals surface area contributed by atoms with Gasteiger partial charge in [-0.25, -0.2) is 9.97 Å². The van der Waals surface area contributed by atoms with Gasteiger partial charge in [0.2, 0.25) is 0 Å². The van der Waals surface area contributed by atoms with Gasteiger partial charge in [0.05, 0.1) is 17.4 Å². The van der Waals surface area contributed by atoms with Crippen LogP contribution in [0.1, 0.15) is 16.2 Å². The molecule has 0 radical (unpaired) electrons. The van der Waals surface area contributed by atoms with Gasteiger partial charge in [-0.1, -0.05) is 0 Å². The lowest BCUT2D eigenvalue weighted by atomic mass is 10.3. The molecule has 0 aliphatic heterocycles. The van der Waals surface area contributed by atoms with E-state index >= 15 is 0 Å². The zero-order valence-electron chi connectivity index (χ0n) is 8.73. The second kappa shape index (κ2) is 4.73. The summed E-state index contributed by atoms with van der Waals surface area (Å²) in [6.45, 7) is 0. The van der Waals surface area contributed by atoms with Crippen LogP contribution in [0.25, 0.3) is 0 Å². The lowest BCUT2D eigenvalue weighted by molar-refractivity contribution is -0.141. The summed E-state index contributed by atoms with van der Waals surface area (Å²) >= 11 is 1.25. The van der Waals surface area contributed by atoms with Crippen LogP contribution in [-0.4, -0.2) is 15.9 Å². The molecule has 2 aromatic heterocycles. The van der Waals surface area contributed by atoms with Crippen LogP contribution in [0.15, 0.2) is 29.2 Å². The van der Waals surface area contributed by atoms with Crippen molar-refractivity contribution in [3.05, 3.63) is 40.6 Å². The highest BCUT2D eigenvalue weighted by atomic mass is 32.1. The molecular formula is C10H6F3N3OS. The van der Waals surface area contributed by atoms with Crippen molar-refractivity contribution in [1.29, 1.82) is 0 Å². The number of halogens is 3. The third-order valence-corrected chi connectivity index (χ3v) is 2.56. The number of rotatable bonds is 2. The number of aromatic nitrogens is 2. The molecule has 18 heavy (non-hydrogen) atoms. The first kappa shape index (κ1) is 12.5. The first-order valence-electron chi connectivity index (χ1n) is 4.69. The second-order valence-electron chi connectivity index (χ2n) is 3.26. The van der Waals surface area contributed by atoms with Crippen LogP contribution in [0.4, 0.5) is 18.9 Å². The third-order valence-electron chi connectivity index (χ3n) is 1.98. The smallest absolute Gasteiger partial charge is 0.319 e. The van der Waals surface area contributed by atoms with Crippen molar-refractivity contribution in [2.24, 2.45) is 0 Å². The predicted octanol–water partition coefficient (Wildman–Crippen LogP) is 2.81. The van der Waals surface area contributed by atoms with Gasteiger partial charge in [0, 0.05) is 5.38 Å². The molecule has 0 atom stereocenters. The third kappa shape index (κ3) is 2.83. The molecule has 0 unspecified atom stereocenters. The van der Waals surface area contributed by atoms with E-state index < -0.39 is 17.8 Å². The van der Waals surface area contributed by atoms with E-state index in [0.29, 0.717) is 0 Å². The molecule has 0 aromatic carbocycles. The Morgan fingerprint density at radius 1 is 1.28 bits per heavy atom. The lowest BCUT2D eigenvalue weighted by Gasteiger charge is -2.07. The van der Waals surface area contributed by atoms with Crippen LogP contribution < -0.4 is 5.32 Å². The van der Waals surface area contributed by atoms with Gasteiger partial charge in [0.25, 0.3) is 5.91 Å². The molecule has 2 aromatic rings. The lowest BCUT2D eigenvalue weighted by Crippen LogP contribution is -2.13. The van der Waals surface area contributed by atoms with E-state index in [0.717, 1.165) is 18.3 Å². The minimum atomic E-state index is -4.49. The number of thiazole rings is 1. The molecule has 1 amide bonds. The van der Waals surface area contributed by atoms with Crippen molar-refractivity contribution in [3.63, 3.8) is 0 Å². The molecule has 0 fully saturated rings. The molecule has 0 bridgehead atoms. The highest BCUT2D eigenvalue weighted by Crippen LogP contribution is 2.27. The van der Waals surface area contributed by atoms with E-state index in [2.05, 4.69) is 15.3 Å². The quantitative estimate of drug-likeness (QED) is 0.915. The first-order chi connectivity index (χ1) is 8.47. The van der Waals surface area contributed by atoms with E-state index in [9.17, 15) is 18.0 Å². The van der Waals surface area contributed by atoms with Gasteiger partial charge in [-0.05, 0) is 12.1 Å². The average Bonchev–Trinajstić information content (AvgIpc) is 2.82. The number of hydrogen-bond acceptors (Lipinski definition) is 4. The Labute approximate surface area is 104 Å². The van der Waals surface area contributed by atoms with E-state index in [-0.39, 0.29) is 11.4 Å². The Morgan fingerprint density at radius 3 is 2.56 bits per heavy atom. The topological polar surface area (TPSA) is 54.9 Å². The highest BCUT2D eigenvalue weighted by Gasteiger charge is 2.32. The largest absolute Gasteiger partial charge is 0.433 e. The van der Waals surface area contributed by atoms with Gasteiger partial charge in [0.15, 0.2) is 0 Å². The SMILES string of the molecule is O=C(Nc1ccc(C(F)(F)F)nc1)c1cscn1. The number of amides is 1. The maximum absolute atomic E-state index is 12.2. The van der Waals surface area contributed by atoms with Gasteiger partial charge in [0.1, 0.15) is 11.4 Å². The molecule has 0 aliphatic rings. The Bertz CT molecular complexity index is 536. The van der Waals surface area contributed by atoms with Crippen LogP contribution in [0.2, 0.25) is 0 Å². The molecule has 2 rings (SSSR count). The monoisotopic (exact) mass is 273 g/mol. The molecule has 0 saturated carbocycles. The van der Waals surface area contributed by atoms with E-state index in [1.165, 1.54) is 22.2 Å². The van der Waals surface area contributed by atoms with Crippen molar-refractivity contribution < 1.29 is 18.0 Å². The zero-order chi connectivity index (χ0) is 13.2. The van der Waals surface area contributed by atoms with Gasteiger partial charge in [-0.2, -0.15) is 13.2 Å². The van der Waals surface area contributed by atoms with Gasteiger partial charge in [-0.3, -0.25) is 4.79 Å². The fraction of sp³-hybridized carbons (Fsp3) is 0.100. The number of nitrogens with zero attached hydrogens (tertiary/aromatic N) is 2. The molecule has 1 N–H and O–H groups in total. The normalized spacial score (nSPS) is 11.3. The summed E-state index contributed by atoms with van der Waals surface area (Å²) in [7, 11) is 0. The summed E-state index contributed by atoms with van der Waals surface area (Å²) in [5.41, 5.74) is 0.870. The van der Waals surface area contributed by atoms with Crippen LogP contribution in [0, 0.1) is 0 Å². The Morgan fingerprint density at radius 2 is 2.06 bits per heavy atom. The van der Waals surface area contributed by atoms with E-state index in [1.807, 2.05) is 0 Å². The van der Waals surface area contributed by atoms with Crippen LogP contribution >= 0.6 is 11.3 Å². The van der Waals surface area contributed by atoms with Crippen molar-refractivity contribution in [2.75, 3.05) is 5.32 Å². The maximum Gasteiger partial charge on any atom is 0.433 e. The first-order valence-corrected chi connectivity index (χ1v) is 5.64. The summed E-state index contributed by atoms with van der Waals surface area (Å²) in [4.78, 5) is 18.5. The molecule has 0 aliphatic carbocycles. The predicted molar refractivity (Wildman–Crippen MR) is 59.3 cm³/mol. The molecule has 0 spiro atoms. The van der Waals surface area contributed by atoms with Gasteiger partial charge < -0.3 is 5.32 Å².